The predicted octanol–water partition coefficient (Wildman–Crippen LogP) is 0.798. The maximum absolute atomic E-state index is 12.1. The predicted molar refractivity (Wildman–Crippen MR) is 59.7 cm³/mol. The van der Waals surface area contributed by atoms with Gasteiger partial charge in [-0.2, -0.15) is 5.10 Å². The second-order valence-corrected chi connectivity index (χ2v) is 4.12. The van der Waals surface area contributed by atoms with Gasteiger partial charge >= 0.3 is 0 Å². The van der Waals surface area contributed by atoms with Gasteiger partial charge in [0.15, 0.2) is 0 Å². The van der Waals surface area contributed by atoms with E-state index in [0.29, 0.717) is 31.1 Å². The molecule has 0 aromatic carbocycles. The Morgan fingerprint density at radius 3 is 3.25 bits per heavy atom. The van der Waals surface area contributed by atoms with E-state index in [1.165, 1.54) is 0 Å². The number of alkyl halides is 1. The number of halogens is 1. The third-order valence-corrected chi connectivity index (χ3v) is 3.00. The Bertz CT molecular complexity index is 380. The van der Waals surface area contributed by atoms with Crippen molar-refractivity contribution in [3.63, 3.8) is 0 Å². The number of hydrogen-bond acceptors (Lipinski definition) is 3. The summed E-state index contributed by atoms with van der Waals surface area (Å²) in [6, 6.07) is 0. The molecule has 1 fully saturated rings. The minimum absolute atomic E-state index is 0.00957. The van der Waals surface area contributed by atoms with E-state index >= 15 is 0 Å². The van der Waals surface area contributed by atoms with Crippen molar-refractivity contribution in [2.24, 2.45) is 0 Å². The fourth-order valence-corrected chi connectivity index (χ4v) is 1.92. The first kappa shape index (κ1) is 11.4. The molecular weight excluding hydrogens is 230 g/mol. The minimum atomic E-state index is -0.0634. The van der Waals surface area contributed by atoms with E-state index in [1.807, 2.05) is 6.92 Å². The average molecular weight is 244 g/mol. The van der Waals surface area contributed by atoms with Crippen LogP contribution < -0.4 is 0 Å². The maximum atomic E-state index is 12.1. The van der Waals surface area contributed by atoms with E-state index in [0.717, 1.165) is 5.69 Å². The van der Waals surface area contributed by atoms with Gasteiger partial charge < -0.3 is 9.64 Å². The molecule has 88 valence electrons. The quantitative estimate of drug-likeness (QED) is 0.782. The van der Waals surface area contributed by atoms with Crippen molar-refractivity contribution in [3.05, 3.63) is 17.5 Å². The molecule has 1 aliphatic rings. The van der Waals surface area contributed by atoms with Gasteiger partial charge in [-0.25, -0.2) is 0 Å². The number of aryl methyl sites for hydroxylation is 1. The summed E-state index contributed by atoms with van der Waals surface area (Å²) >= 11 is 5.73. The summed E-state index contributed by atoms with van der Waals surface area (Å²) in [7, 11) is 0. The zero-order valence-electron chi connectivity index (χ0n) is 9.07. The van der Waals surface area contributed by atoms with Gasteiger partial charge in [0, 0.05) is 18.8 Å². The number of ether oxygens (including phenoxy) is 1. The molecule has 1 saturated heterocycles. The normalized spacial score (nSPS) is 21.1. The van der Waals surface area contributed by atoms with Crippen molar-refractivity contribution in [2.75, 3.05) is 25.6 Å². The minimum Gasteiger partial charge on any atom is -0.373 e. The van der Waals surface area contributed by atoms with Crippen LogP contribution in [0, 0.1) is 6.92 Å². The number of morpholine rings is 1. The summed E-state index contributed by atoms with van der Waals surface area (Å²) in [4.78, 5) is 13.9. The monoisotopic (exact) mass is 243 g/mol. The highest BCUT2D eigenvalue weighted by Gasteiger charge is 2.25. The molecular formula is C10H14ClN3O2. The molecule has 6 heteroatoms. The average Bonchev–Trinajstić information content (AvgIpc) is 2.74. The van der Waals surface area contributed by atoms with Crippen LogP contribution in [0.15, 0.2) is 6.20 Å². The van der Waals surface area contributed by atoms with E-state index in [1.54, 1.807) is 11.1 Å². The highest BCUT2D eigenvalue weighted by molar-refractivity contribution is 6.18. The van der Waals surface area contributed by atoms with E-state index in [2.05, 4.69) is 10.2 Å². The number of H-pyrrole nitrogens is 1. The molecule has 2 heterocycles. The fraction of sp³-hybridized carbons (Fsp3) is 0.600. The summed E-state index contributed by atoms with van der Waals surface area (Å²) in [5, 5.41) is 6.61. The number of nitrogens with zero attached hydrogens (tertiary/aromatic N) is 2. The van der Waals surface area contributed by atoms with Crippen LogP contribution in [0.1, 0.15) is 16.1 Å². The van der Waals surface area contributed by atoms with Crippen LogP contribution in [-0.4, -0.2) is 52.7 Å². The van der Waals surface area contributed by atoms with Gasteiger partial charge in [0.05, 0.1) is 30.4 Å². The van der Waals surface area contributed by atoms with E-state index in [-0.39, 0.29) is 12.0 Å². The van der Waals surface area contributed by atoms with Gasteiger partial charge in [0.1, 0.15) is 0 Å². The Kier molecular flexibility index (Phi) is 3.46. The van der Waals surface area contributed by atoms with Gasteiger partial charge in [-0.05, 0) is 6.92 Å². The Hall–Kier alpha value is -1.07. The van der Waals surface area contributed by atoms with Gasteiger partial charge in [0.2, 0.25) is 0 Å². The molecule has 1 N–H and O–H groups in total. The number of amides is 1. The van der Waals surface area contributed by atoms with E-state index in [9.17, 15) is 4.79 Å². The van der Waals surface area contributed by atoms with Gasteiger partial charge in [-0.1, -0.05) is 0 Å². The van der Waals surface area contributed by atoms with Gasteiger partial charge in [-0.3, -0.25) is 9.89 Å². The second kappa shape index (κ2) is 4.84. The number of aromatic nitrogens is 2. The number of nitrogens with one attached hydrogen (secondary N) is 1. The lowest BCUT2D eigenvalue weighted by Crippen LogP contribution is -2.46. The molecule has 1 atom stereocenters. The summed E-state index contributed by atoms with van der Waals surface area (Å²) in [6.45, 7) is 3.53. The van der Waals surface area contributed by atoms with Gasteiger partial charge in [0.25, 0.3) is 5.91 Å². The first-order valence-electron chi connectivity index (χ1n) is 5.19. The molecule has 0 spiro atoms. The topological polar surface area (TPSA) is 58.2 Å². The van der Waals surface area contributed by atoms with E-state index in [4.69, 9.17) is 16.3 Å². The Balaban J connectivity index is 2.07. The van der Waals surface area contributed by atoms with Crippen LogP contribution in [0.25, 0.3) is 0 Å². The molecule has 0 aliphatic carbocycles. The van der Waals surface area contributed by atoms with Crippen molar-refractivity contribution in [2.45, 2.75) is 13.0 Å². The molecule has 2 rings (SSSR count). The molecule has 5 nitrogen and oxygen atoms in total. The van der Waals surface area contributed by atoms with Crippen molar-refractivity contribution in [3.8, 4) is 0 Å². The Labute approximate surface area is 98.7 Å². The Morgan fingerprint density at radius 1 is 1.81 bits per heavy atom. The summed E-state index contributed by atoms with van der Waals surface area (Å²) in [5.41, 5.74) is 1.41. The van der Waals surface area contributed by atoms with Crippen LogP contribution >= 0.6 is 11.6 Å². The number of aromatic amines is 1. The zero-order valence-corrected chi connectivity index (χ0v) is 9.83. The molecule has 1 unspecified atom stereocenters. The number of carbonyl (C=O) groups is 1. The molecule has 0 bridgehead atoms. The second-order valence-electron chi connectivity index (χ2n) is 3.81. The smallest absolute Gasteiger partial charge is 0.257 e. The maximum Gasteiger partial charge on any atom is 0.257 e. The third kappa shape index (κ3) is 2.20. The lowest BCUT2D eigenvalue weighted by molar-refractivity contribution is -0.0108. The SMILES string of the molecule is Cc1[nH]ncc1C(=O)N1CCOC(CCl)C1. The largest absolute Gasteiger partial charge is 0.373 e. The summed E-state index contributed by atoms with van der Waals surface area (Å²) < 4.78 is 5.41. The summed E-state index contributed by atoms with van der Waals surface area (Å²) in [6.07, 6.45) is 1.50. The third-order valence-electron chi connectivity index (χ3n) is 2.66. The number of hydrogen-bond donors (Lipinski definition) is 1. The van der Waals surface area contributed by atoms with Crippen molar-refractivity contribution in [1.29, 1.82) is 0 Å². The Morgan fingerprint density at radius 2 is 2.62 bits per heavy atom. The fourth-order valence-electron chi connectivity index (χ4n) is 1.73. The van der Waals surface area contributed by atoms with Gasteiger partial charge in [-0.15, -0.1) is 11.6 Å². The number of rotatable bonds is 2. The molecule has 0 radical (unpaired) electrons. The number of carbonyl (C=O) groups excluding carboxylic acids is 1. The highest BCUT2D eigenvalue weighted by Crippen LogP contribution is 2.12. The summed E-state index contributed by atoms with van der Waals surface area (Å²) in [5.74, 6) is 0.401. The first-order valence-corrected chi connectivity index (χ1v) is 5.72. The molecule has 0 saturated carbocycles. The van der Waals surface area contributed by atoms with Crippen LogP contribution in [0.5, 0.6) is 0 Å². The zero-order chi connectivity index (χ0) is 11.5. The van der Waals surface area contributed by atoms with Crippen LogP contribution in [-0.2, 0) is 4.74 Å². The molecule has 1 aliphatic heterocycles. The molecule has 1 aromatic rings. The van der Waals surface area contributed by atoms with Crippen molar-refractivity contribution < 1.29 is 9.53 Å². The molecule has 1 amide bonds. The van der Waals surface area contributed by atoms with Crippen LogP contribution in [0.2, 0.25) is 0 Å². The molecule has 1 aromatic heterocycles. The van der Waals surface area contributed by atoms with Crippen molar-refractivity contribution >= 4 is 17.5 Å². The van der Waals surface area contributed by atoms with E-state index < -0.39 is 0 Å². The first-order chi connectivity index (χ1) is 7.72. The van der Waals surface area contributed by atoms with Crippen molar-refractivity contribution in [1.82, 2.24) is 15.1 Å². The standard InChI is InChI=1S/C10H14ClN3O2/c1-7-9(5-12-13-7)10(15)14-2-3-16-8(4-11)6-14/h5,8H,2-4,6H2,1H3,(H,12,13). The van der Waals surface area contributed by atoms with Crippen LogP contribution in [0.3, 0.4) is 0 Å². The highest BCUT2D eigenvalue weighted by atomic mass is 35.5. The lowest BCUT2D eigenvalue weighted by atomic mass is 10.2. The lowest BCUT2D eigenvalue weighted by Gasteiger charge is -2.31. The molecule has 16 heavy (non-hydrogen) atoms. The van der Waals surface area contributed by atoms with Crippen LogP contribution in [0.4, 0.5) is 0 Å².